The molecule has 4 amide bonds. The van der Waals surface area contributed by atoms with Gasteiger partial charge in [-0.15, -0.1) is 10.1 Å². The zero-order valence-electron chi connectivity index (χ0n) is 20.4. The molecule has 0 aliphatic carbocycles. The van der Waals surface area contributed by atoms with Crippen molar-refractivity contribution in [2.24, 2.45) is 0 Å². The van der Waals surface area contributed by atoms with E-state index in [4.69, 9.17) is 23.2 Å². The van der Waals surface area contributed by atoms with Crippen LogP contribution in [0.3, 0.4) is 0 Å². The number of amides is 4. The molecule has 15 heteroatoms. The SMILES string of the molecule is CCOP(=O)(Oc1ccc(C(=O)ON2C(=O)CCC2=O)cc1)Oc1ccc(C(=O)ON2C(=O)CCC2=O)cc1. The zero-order valence-corrected chi connectivity index (χ0v) is 21.3. The van der Waals surface area contributed by atoms with Crippen LogP contribution >= 0.6 is 7.82 Å². The lowest BCUT2D eigenvalue weighted by Crippen LogP contribution is -2.32. The largest absolute Gasteiger partial charge is 0.587 e. The number of hydroxylamine groups is 4. The van der Waals surface area contributed by atoms with Gasteiger partial charge in [0.15, 0.2) is 0 Å². The molecule has 2 aromatic carbocycles. The molecule has 0 saturated carbocycles. The van der Waals surface area contributed by atoms with Crippen LogP contribution in [0.25, 0.3) is 0 Å². The Bertz CT molecular complexity index is 1240. The van der Waals surface area contributed by atoms with Gasteiger partial charge in [-0.1, -0.05) is 0 Å². The van der Waals surface area contributed by atoms with E-state index in [-0.39, 0.29) is 54.9 Å². The van der Waals surface area contributed by atoms with E-state index in [1.807, 2.05) is 0 Å². The molecule has 0 aromatic heterocycles. The Hall–Kier alpha value is -4.55. The van der Waals surface area contributed by atoms with Crippen molar-refractivity contribution in [2.75, 3.05) is 6.61 Å². The van der Waals surface area contributed by atoms with Crippen LogP contribution in [0.5, 0.6) is 11.5 Å². The molecule has 2 fully saturated rings. The number of phosphoric acid groups is 1. The van der Waals surface area contributed by atoms with E-state index in [1.165, 1.54) is 48.5 Å². The lowest BCUT2D eigenvalue weighted by molar-refractivity contribution is -0.173. The Labute approximate surface area is 220 Å². The monoisotopic (exact) mass is 560 g/mol. The van der Waals surface area contributed by atoms with Gasteiger partial charge in [-0.05, 0) is 55.5 Å². The first-order valence-electron chi connectivity index (χ1n) is 11.6. The second-order valence-electron chi connectivity index (χ2n) is 8.02. The van der Waals surface area contributed by atoms with E-state index in [0.717, 1.165) is 0 Å². The molecule has 0 unspecified atom stereocenters. The summed E-state index contributed by atoms with van der Waals surface area (Å²) in [7, 11) is -4.25. The number of imide groups is 2. The first-order chi connectivity index (χ1) is 18.6. The Balaban J connectivity index is 1.38. The number of rotatable bonds is 10. The highest BCUT2D eigenvalue weighted by Gasteiger charge is 2.35. The zero-order chi connectivity index (χ0) is 28.2. The number of nitrogens with zero attached hydrogens (tertiary/aromatic N) is 2. The minimum atomic E-state index is -4.25. The molecule has 0 radical (unpaired) electrons. The summed E-state index contributed by atoms with van der Waals surface area (Å²) in [6.07, 6.45) is -0.170. The van der Waals surface area contributed by atoms with E-state index in [0.29, 0.717) is 10.1 Å². The van der Waals surface area contributed by atoms with E-state index >= 15 is 0 Å². The van der Waals surface area contributed by atoms with Gasteiger partial charge in [0, 0.05) is 25.7 Å². The van der Waals surface area contributed by atoms with Crippen molar-refractivity contribution >= 4 is 43.4 Å². The number of phosphoric ester groups is 1. The van der Waals surface area contributed by atoms with Crippen molar-refractivity contribution in [3.05, 3.63) is 59.7 Å². The molecule has 204 valence electrons. The molecule has 0 bridgehead atoms. The topological polar surface area (TPSA) is 172 Å². The minimum Gasteiger partial charge on any atom is -0.395 e. The third kappa shape index (κ3) is 6.48. The van der Waals surface area contributed by atoms with Crippen LogP contribution < -0.4 is 9.05 Å². The summed E-state index contributed by atoms with van der Waals surface area (Å²) in [5.74, 6) is -4.39. The first kappa shape index (κ1) is 27.5. The quantitative estimate of drug-likeness (QED) is 0.308. The molecule has 2 aliphatic heterocycles. The van der Waals surface area contributed by atoms with Gasteiger partial charge in [-0.3, -0.25) is 23.7 Å². The standard InChI is InChI=1S/C24H21N2O12P/c1-2-34-39(33,37-17-7-3-15(4-8-17)23(31)35-25-19(27)11-12-20(25)28)38-18-9-5-16(6-10-18)24(32)36-26-21(29)13-14-22(26)30/h3-10H,2,11-14H2,1H3. The van der Waals surface area contributed by atoms with Gasteiger partial charge in [0.25, 0.3) is 23.6 Å². The molecule has 0 spiro atoms. The van der Waals surface area contributed by atoms with Crippen LogP contribution in [0.1, 0.15) is 53.3 Å². The number of hydrogen-bond donors (Lipinski definition) is 0. The summed E-state index contributed by atoms with van der Waals surface area (Å²) in [6.45, 7) is 1.50. The number of benzene rings is 2. The van der Waals surface area contributed by atoms with Crippen molar-refractivity contribution < 1.29 is 56.6 Å². The van der Waals surface area contributed by atoms with Gasteiger partial charge < -0.3 is 18.7 Å². The molecule has 39 heavy (non-hydrogen) atoms. The highest BCUT2D eigenvalue weighted by Crippen LogP contribution is 2.49. The van der Waals surface area contributed by atoms with Gasteiger partial charge in [-0.2, -0.15) is 0 Å². The van der Waals surface area contributed by atoms with Gasteiger partial charge in [-0.25, -0.2) is 14.2 Å². The maximum absolute atomic E-state index is 13.2. The maximum Gasteiger partial charge on any atom is 0.587 e. The fraction of sp³-hybridized carbons (Fsp3) is 0.250. The number of carbonyl (C=O) groups is 6. The van der Waals surface area contributed by atoms with Gasteiger partial charge in [0.1, 0.15) is 11.5 Å². The molecule has 2 saturated heterocycles. The summed E-state index contributed by atoms with van der Waals surface area (Å²) < 4.78 is 29.2. The third-order valence-corrected chi connectivity index (χ3v) is 6.70. The lowest BCUT2D eigenvalue weighted by Gasteiger charge is -2.19. The number of hydrogen-bond acceptors (Lipinski definition) is 12. The lowest BCUT2D eigenvalue weighted by atomic mass is 10.2. The fourth-order valence-electron chi connectivity index (χ4n) is 3.38. The third-order valence-electron chi connectivity index (χ3n) is 5.26. The van der Waals surface area contributed by atoms with Crippen LogP contribution in [-0.4, -0.2) is 52.3 Å². The van der Waals surface area contributed by atoms with Crippen molar-refractivity contribution in [2.45, 2.75) is 32.6 Å². The van der Waals surface area contributed by atoms with E-state index in [1.54, 1.807) is 6.92 Å². The molecule has 14 nitrogen and oxygen atoms in total. The molecular weight excluding hydrogens is 539 g/mol. The van der Waals surface area contributed by atoms with Crippen LogP contribution in [0.15, 0.2) is 48.5 Å². The van der Waals surface area contributed by atoms with Crippen LogP contribution in [0.2, 0.25) is 0 Å². The van der Waals surface area contributed by atoms with Crippen molar-refractivity contribution in [1.29, 1.82) is 0 Å². The van der Waals surface area contributed by atoms with Gasteiger partial charge in [0.05, 0.1) is 17.7 Å². The smallest absolute Gasteiger partial charge is 0.395 e. The molecule has 2 aliphatic rings. The van der Waals surface area contributed by atoms with Gasteiger partial charge >= 0.3 is 19.8 Å². The molecule has 0 N–H and O–H groups in total. The van der Waals surface area contributed by atoms with Crippen molar-refractivity contribution in [3.63, 3.8) is 0 Å². The van der Waals surface area contributed by atoms with E-state index < -0.39 is 43.4 Å². The Morgan fingerprint density at radius 3 is 1.31 bits per heavy atom. The highest BCUT2D eigenvalue weighted by atomic mass is 31.2. The molecule has 0 atom stereocenters. The molecule has 2 aromatic rings. The molecule has 4 rings (SSSR count). The summed E-state index contributed by atoms with van der Waals surface area (Å²) in [5, 5.41) is 0.834. The second-order valence-corrected chi connectivity index (χ2v) is 9.54. The Morgan fingerprint density at radius 2 is 1.00 bits per heavy atom. The van der Waals surface area contributed by atoms with Crippen LogP contribution in [0, 0.1) is 0 Å². The Kier molecular flexibility index (Phi) is 8.07. The van der Waals surface area contributed by atoms with Gasteiger partial charge in [0.2, 0.25) is 0 Å². The summed E-state index contributed by atoms with van der Waals surface area (Å²) >= 11 is 0. The molecular formula is C24H21N2O12P. The van der Waals surface area contributed by atoms with Crippen LogP contribution in [0.4, 0.5) is 0 Å². The van der Waals surface area contributed by atoms with Crippen molar-refractivity contribution in [3.8, 4) is 11.5 Å². The predicted molar refractivity (Wildman–Crippen MR) is 126 cm³/mol. The van der Waals surface area contributed by atoms with E-state index in [2.05, 4.69) is 0 Å². The molecule has 2 heterocycles. The summed E-state index contributed by atoms with van der Waals surface area (Å²) in [6, 6.07) is 10.1. The average Bonchev–Trinajstić information content (AvgIpc) is 3.39. The number of carbonyl (C=O) groups excluding carboxylic acids is 6. The van der Waals surface area contributed by atoms with Crippen molar-refractivity contribution in [1.82, 2.24) is 10.1 Å². The highest BCUT2D eigenvalue weighted by molar-refractivity contribution is 7.49. The fourth-order valence-corrected chi connectivity index (χ4v) is 4.60. The van der Waals surface area contributed by atoms with Crippen LogP contribution in [-0.2, 0) is 37.9 Å². The average molecular weight is 560 g/mol. The predicted octanol–water partition coefficient (Wildman–Crippen LogP) is 2.73. The van der Waals surface area contributed by atoms with E-state index in [9.17, 15) is 33.3 Å². The second kappa shape index (κ2) is 11.5. The summed E-state index contributed by atoms with van der Waals surface area (Å²) in [4.78, 5) is 80.7. The minimum absolute atomic E-state index is 0.00296. The maximum atomic E-state index is 13.2. The summed E-state index contributed by atoms with van der Waals surface area (Å²) in [5.41, 5.74) is -0.0244. The first-order valence-corrected chi connectivity index (χ1v) is 13.0. The Morgan fingerprint density at radius 1 is 0.667 bits per heavy atom. The normalized spacial score (nSPS) is 15.5.